The fourth-order valence-corrected chi connectivity index (χ4v) is 1.90. The quantitative estimate of drug-likeness (QED) is 0.589. The first-order chi connectivity index (χ1) is 8.26. The van der Waals surface area contributed by atoms with Gasteiger partial charge in [0.05, 0.1) is 19.8 Å². The molecule has 2 N–H and O–H groups in total. The summed E-state index contributed by atoms with van der Waals surface area (Å²) in [6.07, 6.45) is 3.76. The van der Waals surface area contributed by atoms with Crippen molar-refractivity contribution >= 4 is 5.97 Å². The van der Waals surface area contributed by atoms with Crippen LogP contribution in [0.15, 0.2) is 0 Å². The van der Waals surface area contributed by atoms with E-state index in [1.165, 1.54) is 12.8 Å². The molecule has 0 saturated carbocycles. The molecule has 5 nitrogen and oxygen atoms in total. The first-order valence-corrected chi connectivity index (χ1v) is 6.36. The van der Waals surface area contributed by atoms with E-state index in [4.69, 9.17) is 14.9 Å². The van der Waals surface area contributed by atoms with Crippen molar-refractivity contribution in [2.24, 2.45) is 5.92 Å². The van der Waals surface area contributed by atoms with Crippen LogP contribution in [0.1, 0.15) is 25.7 Å². The smallest absolute Gasteiger partial charge is 0.305 e. The standard InChI is InChI=1S/C12H23NO4/c14-8-11(9-15)10-17-12(16)4-3-7-13-5-1-2-6-13/h11,14-15H,1-10H2. The number of hydrogen-bond acceptors (Lipinski definition) is 5. The van der Waals surface area contributed by atoms with E-state index in [1.807, 2.05) is 0 Å². The Balaban J connectivity index is 2.00. The maximum Gasteiger partial charge on any atom is 0.305 e. The number of carbonyl (C=O) groups is 1. The summed E-state index contributed by atoms with van der Waals surface area (Å²) in [5, 5.41) is 17.6. The number of nitrogens with zero attached hydrogens (tertiary/aromatic N) is 1. The van der Waals surface area contributed by atoms with Gasteiger partial charge in [0, 0.05) is 12.3 Å². The highest BCUT2D eigenvalue weighted by Crippen LogP contribution is 2.08. The number of aliphatic hydroxyl groups is 2. The van der Waals surface area contributed by atoms with E-state index >= 15 is 0 Å². The minimum atomic E-state index is -0.350. The largest absolute Gasteiger partial charge is 0.465 e. The fourth-order valence-electron chi connectivity index (χ4n) is 1.90. The average molecular weight is 245 g/mol. The van der Waals surface area contributed by atoms with Gasteiger partial charge in [0.15, 0.2) is 0 Å². The van der Waals surface area contributed by atoms with Crippen molar-refractivity contribution < 1.29 is 19.7 Å². The Morgan fingerprint density at radius 2 is 1.88 bits per heavy atom. The molecule has 0 amide bonds. The molecule has 100 valence electrons. The van der Waals surface area contributed by atoms with Gasteiger partial charge in [-0.3, -0.25) is 4.79 Å². The van der Waals surface area contributed by atoms with Gasteiger partial charge in [0.25, 0.3) is 0 Å². The van der Waals surface area contributed by atoms with E-state index in [2.05, 4.69) is 4.90 Å². The highest BCUT2D eigenvalue weighted by molar-refractivity contribution is 5.69. The van der Waals surface area contributed by atoms with Crippen LogP contribution in [0.5, 0.6) is 0 Å². The molecule has 0 spiro atoms. The molecule has 0 aliphatic carbocycles. The molecule has 0 aromatic heterocycles. The zero-order valence-electron chi connectivity index (χ0n) is 10.3. The van der Waals surface area contributed by atoms with Gasteiger partial charge in [0.1, 0.15) is 0 Å². The Kier molecular flexibility index (Phi) is 7.16. The lowest BCUT2D eigenvalue weighted by Gasteiger charge is -2.14. The summed E-state index contributed by atoms with van der Waals surface area (Å²) < 4.78 is 4.97. The normalized spacial score (nSPS) is 16.6. The molecule has 1 aliphatic rings. The second-order valence-corrected chi connectivity index (χ2v) is 4.57. The number of carbonyl (C=O) groups excluding carboxylic acids is 1. The van der Waals surface area contributed by atoms with Crippen LogP contribution < -0.4 is 0 Å². The number of likely N-dealkylation sites (tertiary alicyclic amines) is 1. The Morgan fingerprint density at radius 1 is 1.24 bits per heavy atom. The summed E-state index contributed by atoms with van der Waals surface area (Å²) in [5.41, 5.74) is 0. The fraction of sp³-hybridized carbons (Fsp3) is 0.917. The molecule has 5 heteroatoms. The minimum Gasteiger partial charge on any atom is -0.465 e. The first kappa shape index (κ1) is 14.4. The SMILES string of the molecule is O=C(CCCN1CCCC1)OCC(CO)CO. The molecule has 1 saturated heterocycles. The predicted octanol–water partition coefficient (Wildman–Crippen LogP) is 0.00640. The Labute approximate surface area is 102 Å². The number of ether oxygens (including phenoxy) is 1. The zero-order valence-corrected chi connectivity index (χ0v) is 10.3. The van der Waals surface area contributed by atoms with Crippen LogP contribution in [0.25, 0.3) is 0 Å². The third-order valence-electron chi connectivity index (χ3n) is 3.05. The lowest BCUT2D eigenvalue weighted by Crippen LogP contribution is -2.23. The van der Waals surface area contributed by atoms with E-state index in [-0.39, 0.29) is 31.7 Å². The molecule has 0 aromatic carbocycles. The van der Waals surface area contributed by atoms with Gasteiger partial charge < -0.3 is 19.8 Å². The molecule has 1 rings (SSSR count). The molecular weight excluding hydrogens is 222 g/mol. The molecule has 17 heavy (non-hydrogen) atoms. The molecule has 0 aromatic rings. The Hall–Kier alpha value is -0.650. The minimum absolute atomic E-state index is 0.107. The molecule has 1 aliphatic heterocycles. The van der Waals surface area contributed by atoms with E-state index in [1.54, 1.807) is 0 Å². The van der Waals surface area contributed by atoms with E-state index in [9.17, 15) is 4.79 Å². The lowest BCUT2D eigenvalue weighted by molar-refractivity contribution is -0.146. The van der Waals surface area contributed by atoms with Crippen LogP contribution in [0.4, 0.5) is 0 Å². The second-order valence-electron chi connectivity index (χ2n) is 4.57. The van der Waals surface area contributed by atoms with Crippen molar-refractivity contribution in [2.75, 3.05) is 39.5 Å². The Bertz CT molecular complexity index is 213. The Morgan fingerprint density at radius 3 is 2.47 bits per heavy atom. The van der Waals surface area contributed by atoms with Crippen molar-refractivity contribution in [1.29, 1.82) is 0 Å². The topological polar surface area (TPSA) is 70.0 Å². The monoisotopic (exact) mass is 245 g/mol. The maximum absolute atomic E-state index is 11.3. The third kappa shape index (κ3) is 6.00. The molecule has 0 unspecified atom stereocenters. The van der Waals surface area contributed by atoms with Gasteiger partial charge in [-0.2, -0.15) is 0 Å². The summed E-state index contributed by atoms with van der Waals surface area (Å²) in [4.78, 5) is 13.7. The van der Waals surface area contributed by atoms with Crippen LogP contribution in [-0.4, -0.2) is 60.5 Å². The second kappa shape index (κ2) is 8.44. The van der Waals surface area contributed by atoms with Crippen molar-refractivity contribution in [2.45, 2.75) is 25.7 Å². The third-order valence-corrected chi connectivity index (χ3v) is 3.05. The molecule has 0 radical (unpaired) electrons. The van der Waals surface area contributed by atoms with Gasteiger partial charge in [-0.25, -0.2) is 0 Å². The summed E-state index contributed by atoms with van der Waals surface area (Å²) in [7, 11) is 0. The number of hydrogen-bond donors (Lipinski definition) is 2. The van der Waals surface area contributed by atoms with Gasteiger partial charge in [-0.1, -0.05) is 0 Å². The van der Waals surface area contributed by atoms with E-state index < -0.39 is 0 Å². The van der Waals surface area contributed by atoms with Crippen molar-refractivity contribution in [3.63, 3.8) is 0 Å². The molecular formula is C12H23NO4. The van der Waals surface area contributed by atoms with Crippen molar-refractivity contribution in [3.05, 3.63) is 0 Å². The number of rotatable bonds is 8. The lowest BCUT2D eigenvalue weighted by atomic mass is 10.2. The van der Waals surface area contributed by atoms with E-state index in [0.29, 0.717) is 6.42 Å². The summed E-state index contributed by atoms with van der Waals surface area (Å²) >= 11 is 0. The van der Waals surface area contributed by atoms with Crippen molar-refractivity contribution in [1.82, 2.24) is 4.90 Å². The van der Waals surface area contributed by atoms with Gasteiger partial charge >= 0.3 is 5.97 Å². The van der Waals surface area contributed by atoms with Crippen LogP contribution in [-0.2, 0) is 9.53 Å². The summed E-state index contributed by atoms with van der Waals surface area (Å²) in [6, 6.07) is 0. The summed E-state index contributed by atoms with van der Waals surface area (Å²) in [5.74, 6) is -0.589. The number of esters is 1. The highest BCUT2D eigenvalue weighted by atomic mass is 16.5. The van der Waals surface area contributed by atoms with Gasteiger partial charge in [-0.15, -0.1) is 0 Å². The van der Waals surface area contributed by atoms with Gasteiger partial charge in [0.2, 0.25) is 0 Å². The van der Waals surface area contributed by atoms with Crippen LogP contribution in [0.3, 0.4) is 0 Å². The van der Waals surface area contributed by atoms with Crippen LogP contribution in [0, 0.1) is 5.92 Å². The maximum atomic E-state index is 11.3. The first-order valence-electron chi connectivity index (χ1n) is 6.36. The molecule has 1 heterocycles. The molecule has 1 fully saturated rings. The predicted molar refractivity (Wildman–Crippen MR) is 63.5 cm³/mol. The highest BCUT2D eigenvalue weighted by Gasteiger charge is 2.13. The van der Waals surface area contributed by atoms with Crippen LogP contribution >= 0.6 is 0 Å². The van der Waals surface area contributed by atoms with E-state index in [0.717, 1.165) is 26.1 Å². The zero-order chi connectivity index (χ0) is 12.5. The van der Waals surface area contributed by atoms with Gasteiger partial charge in [-0.05, 0) is 38.9 Å². The molecule has 0 atom stereocenters. The van der Waals surface area contributed by atoms with Crippen molar-refractivity contribution in [3.8, 4) is 0 Å². The number of aliphatic hydroxyl groups excluding tert-OH is 2. The van der Waals surface area contributed by atoms with Crippen LogP contribution in [0.2, 0.25) is 0 Å². The molecule has 0 bridgehead atoms. The summed E-state index contributed by atoms with van der Waals surface area (Å²) in [6.45, 7) is 3.04. The average Bonchev–Trinajstić information content (AvgIpc) is 2.83.